The Kier molecular flexibility index (Phi) is 3.89. The van der Waals surface area contributed by atoms with Gasteiger partial charge in [-0.1, -0.05) is 12.1 Å². The van der Waals surface area contributed by atoms with Gasteiger partial charge in [0, 0.05) is 18.6 Å². The highest BCUT2D eigenvalue weighted by Gasteiger charge is 2.40. The van der Waals surface area contributed by atoms with Gasteiger partial charge >= 0.3 is 6.18 Å². The molecule has 3 rings (SSSR count). The summed E-state index contributed by atoms with van der Waals surface area (Å²) >= 11 is 0. The minimum absolute atomic E-state index is 0.00562. The van der Waals surface area contributed by atoms with Crippen molar-refractivity contribution in [2.45, 2.75) is 37.4 Å². The van der Waals surface area contributed by atoms with Gasteiger partial charge in [0.25, 0.3) is 0 Å². The smallest absolute Gasteiger partial charge is 0.342 e. The van der Waals surface area contributed by atoms with Crippen LogP contribution in [0.1, 0.15) is 30.4 Å². The van der Waals surface area contributed by atoms with E-state index in [-0.39, 0.29) is 17.9 Å². The maximum atomic E-state index is 12.5. The molecule has 0 bridgehead atoms. The van der Waals surface area contributed by atoms with Crippen LogP contribution >= 0.6 is 0 Å². The monoisotopic (exact) mass is 312 g/mol. The number of piperidine rings is 1. The number of carbonyl (C=O) groups is 1. The lowest BCUT2D eigenvalue weighted by molar-refractivity contribution is -0.137. The Hall–Kier alpha value is -1.56. The fourth-order valence-corrected chi connectivity index (χ4v) is 3.19. The lowest BCUT2D eigenvalue weighted by Crippen LogP contribution is -2.62. The molecule has 1 spiro atoms. The summed E-state index contributed by atoms with van der Waals surface area (Å²) in [5.74, 6) is -0.00562. The molecule has 3 nitrogen and oxygen atoms in total. The molecule has 1 aromatic rings. The Balaban J connectivity index is 1.55. The summed E-state index contributed by atoms with van der Waals surface area (Å²) in [6, 6.07) is 4.84. The molecule has 120 valence electrons. The van der Waals surface area contributed by atoms with Gasteiger partial charge in [0.2, 0.25) is 5.91 Å². The van der Waals surface area contributed by atoms with Crippen molar-refractivity contribution < 1.29 is 18.0 Å². The third-order valence-electron chi connectivity index (χ3n) is 4.81. The van der Waals surface area contributed by atoms with Gasteiger partial charge in [0.05, 0.1) is 12.0 Å². The van der Waals surface area contributed by atoms with Crippen molar-refractivity contribution in [2.75, 3.05) is 19.6 Å². The van der Waals surface area contributed by atoms with E-state index < -0.39 is 11.7 Å². The van der Waals surface area contributed by atoms with Crippen LogP contribution in [0, 0.1) is 0 Å². The third kappa shape index (κ3) is 3.11. The van der Waals surface area contributed by atoms with Crippen LogP contribution in [-0.2, 0) is 17.4 Å². The second kappa shape index (κ2) is 5.57. The standard InChI is InChI=1S/C16H19F3N2O/c17-16(18,19)13-3-1-12(2-4-13)11-14(22)21-9-6-15(7-10-21)5-8-20-15/h1-4,20H,5-11H2. The summed E-state index contributed by atoms with van der Waals surface area (Å²) in [6.45, 7) is 2.51. The normalized spacial score (nSPS) is 20.8. The highest BCUT2D eigenvalue weighted by atomic mass is 19.4. The first-order valence-corrected chi connectivity index (χ1v) is 7.57. The quantitative estimate of drug-likeness (QED) is 0.910. The lowest BCUT2D eigenvalue weighted by Gasteiger charge is -2.48. The fraction of sp³-hybridized carbons (Fsp3) is 0.562. The van der Waals surface area contributed by atoms with Crippen molar-refractivity contribution in [2.24, 2.45) is 0 Å². The molecule has 2 aliphatic rings. The summed E-state index contributed by atoms with van der Waals surface area (Å²) < 4.78 is 37.5. The van der Waals surface area contributed by atoms with Crippen LogP contribution in [0.25, 0.3) is 0 Å². The van der Waals surface area contributed by atoms with E-state index in [1.165, 1.54) is 18.6 Å². The number of nitrogens with zero attached hydrogens (tertiary/aromatic N) is 1. The zero-order valence-corrected chi connectivity index (χ0v) is 12.2. The lowest BCUT2D eigenvalue weighted by atomic mass is 9.79. The number of carbonyl (C=O) groups excluding carboxylic acids is 1. The Morgan fingerprint density at radius 2 is 1.73 bits per heavy atom. The molecule has 0 saturated carbocycles. The molecule has 0 atom stereocenters. The first kappa shape index (κ1) is 15.3. The molecule has 6 heteroatoms. The van der Waals surface area contributed by atoms with Crippen LogP contribution in [0.2, 0.25) is 0 Å². The van der Waals surface area contributed by atoms with Crippen molar-refractivity contribution in [1.82, 2.24) is 10.2 Å². The van der Waals surface area contributed by atoms with E-state index >= 15 is 0 Å². The number of halogens is 3. The van der Waals surface area contributed by atoms with Crippen LogP contribution in [-0.4, -0.2) is 36.0 Å². The average Bonchev–Trinajstić information content (AvgIpc) is 2.45. The first-order chi connectivity index (χ1) is 10.4. The second-order valence-corrected chi connectivity index (χ2v) is 6.21. The molecule has 2 saturated heterocycles. The maximum absolute atomic E-state index is 12.5. The van der Waals surface area contributed by atoms with Gasteiger partial charge in [0.15, 0.2) is 0 Å². The summed E-state index contributed by atoms with van der Waals surface area (Å²) in [6.07, 6.45) is -1.07. The molecule has 0 aliphatic carbocycles. The SMILES string of the molecule is O=C(Cc1ccc(C(F)(F)F)cc1)N1CCC2(CCN2)CC1. The molecule has 2 heterocycles. The number of likely N-dealkylation sites (tertiary alicyclic amines) is 1. The number of benzene rings is 1. The van der Waals surface area contributed by atoms with Gasteiger partial charge in [-0.3, -0.25) is 4.79 Å². The van der Waals surface area contributed by atoms with E-state index in [0.29, 0.717) is 5.56 Å². The topological polar surface area (TPSA) is 32.3 Å². The minimum Gasteiger partial charge on any atom is -0.342 e. The van der Waals surface area contributed by atoms with Crippen LogP contribution in [0.5, 0.6) is 0 Å². The van der Waals surface area contributed by atoms with Gasteiger partial charge in [-0.25, -0.2) is 0 Å². The van der Waals surface area contributed by atoms with Gasteiger partial charge in [-0.05, 0) is 43.5 Å². The number of amides is 1. The average molecular weight is 312 g/mol. The molecule has 1 N–H and O–H groups in total. The molecule has 0 aromatic heterocycles. The Morgan fingerprint density at radius 3 is 2.18 bits per heavy atom. The number of alkyl halides is 3. The van der Waals surface area contributed by atoms with Gasteiger partial charge in [-0.2, -0.15) is 13.2 Å². The van der Waals surface area contributed by atoms with Gasteiger partial charge in [-0.15, -0.1) is 0 Å². The van der Waals surface area contributed by atoms with E-state index in [1.807, 2.05) is 4.90 Å². The molecule has 2 fully saturated rings. The van der Waals surface area contributed by atoms with E-state index in [1.54, 1.807) is 0 Å². The van der Waals surface area contributed by atoms with Crippen LogP contribution in [0.4, 0.5) is 13.2 Å². The number of hydrogen-bond donors (Lipinski definition) is 1. The van der Waals surface area contributed by atoms with Gasteiger partial charge in [0.1, 0.15) is 0 Å². The molecule has 0 unspecified atom stereocenters. The van der Waals surface area contributed by atoms with Crippen LogP contribution < -0.4 is 5.32 Å². The van der Waals surface area contributed by atoms with Crippen molar-refractivity contribution in [1.29, 1.82) is 0 Å². The van der Waals surface area contributed by atoms with E-state index in [9.17, 15) is 18.0 Å². The predicted octanol–water partition coefficient (Wildman–Crippen LogP) is 2.60. The van der Waals surface area contributed by atoms with E-state index in [0.717, 1.165) is 44.6 Å². The largest absolute Gasteiger partial charge is 0.416 e. The van der Waals surface area contributed by atoms with Crippen molar-refractivity contribution >= 4 is 5.91 Å². The number of rotatable bonds is 2. The van der Waals surface area contributed by atoms with E-state index in [2.05, 4.69) is 5.32 Å². The van der Waals surface area contributed by atoms with Crippen LogP contribution in [0.15, 0.2) is 24.3 Å². The highest BCUT2D eigenvalue weighted by Crippen LogP contribution is 2.31. The first-order valence-electron chi connectivity index (χ1n) is 7.57. The Labute approximate surface area is 127 Å². The summed E-state index contributed by atoms with van der Waals surface area (Å²) in [4.78, 5) is 14.1. The molecule has 22 heavy (non-hydrogen) atoms. The van der Waals surface area contributed by atoms with Gasteiger partial charge < -0.3 is 10.2 Å². The molecular formula is C16H19F3N2O. The zero-order valence-electron chi connectivity index (χ0n) is 12.2. The minimum atomic E-state index is -4.33. The Bertz CT molecular complexity index is 540. The molecule has 2 aliphatic heterocycles. The number of hydrogen-bond acceptors (Lipinski definition) is 2. The molecule has 1 aromatic carbocycles. The maximum Gasteiger partial charge on any atom is 0.416 e. The predicted molar refractivity (Wildman–Crippen MR) is 76.3 cm³/mol. The summed E-state index contributed by atoms with van der Waals surface area (Å²) in [7, 11) is 0. The van der Waals surface area contributed by atoms with Crippen molar-refractivity contribution in [3.8, 4) is 0 Å². The van der Waals surface area contributed by atoms with Crippen molar-refractivity contribution in [3.05, 3.63) is 35.4 Å². The molecular weight excluding hydrogens is 293 g/mol. The zero-order chi connectivity index (χ0) is 15.8. The highest BCUT2D eigenvalue weighted by molar-refractivity contribution is 5.79. The fourth-order valence-electron chi connectivity index (χ4n) is 3.19. The Morgan fingerprint density at radius 1 is 1.14 bits per heavy atom. The molecule has 0 radical (unpaired) electrons. The van der Waals surface area contributed by atoms with Crippen molar-refractivity contribution in [3.63, 3.8) is 0 Å². The van der Waals surface area contributed by atoms with E-state index in [4.69, 9.17) is 0 Å². The molecule has 1 amide bonds. The third-order valence-corrected chi connectivity index (χ3v) is 4.81. The second-order valence-electron chi connectivity index (χ2n) is 6.21. The number of nitrogens with one attached hydrogen (secondary N) is 1. The van der Waals surface area contributed by atoms with Crippen LogP contribution in [0.3, 0.4) is 0 Å². The summed E-state index contributed by atoms with van der Waals surface area (Å²) in [5.41, 5.74) is 0.185. The summed E-state index contributed by atoms with van der Waals surface area (Å²) in [5, 5.41) is 3.45.